The summed E-state index contributed by atoms with van der Waals surface area (Å²) in [5.41, 5.74) is 0. The average molecular weight is 296 g/mol. The molecule has 0 saturated heterocycles. The van der Waals surface area contributed by atoms with Crippen LogP contribution in [-0.4, -0.2) is 31.3 Å². The molecule has 0 heterocycles. The van der Waals surface area contributed by atoms with Crippen molar-refractivity contribution in [1.29, 1.82) is 0 Å². The van der Waals surface area contributed by atoms with Crippen LogP contribution in [0.25, 0.3) is 0 Å². The Morgan fingerprint density at radius 2 is 1.58 bits per heavy atom. The predicted molar refractivity (Wildman–Crippen MR) is 71.9 cm³/mol. The van der Waals surface area contributed by atoms with Gasteiger partial charge in [0.25, 0.3) is 0 Å². The highest BCUT2D eigenvalue weighted by atomic mass is 31.2. The lowest BCUT2D eigenvalue weighted by atomic mass is 10.0. The fourth-order valence-corrected chi connectivity index (χ4v) is 2.83. The van der Waals surface area contributed by atoms with Crippen molar-refractivity contribution >= 4 is 13.6 Å². The zero-order chi connectivity index (χ0) is 14.9. The second kappa shape index (κ2) is 8.69. The molecule has 0 aromatic rings. The van der Waals surface area contributed by atoms with Gasteiger partial charge in [-0.3, -0.25) is 9.36 Å². The molecule has 0 aliphatic carbocycles. The molecule has 0 aliphatic heterocycles. The normalized spacial score (nSPS) is 15.2. The smallest absolute Gasteiger partial charge is 0.356 e. The number of rotatable bonds is 11. The Kier molecular flexibility index (Phi) is 8.50. The van der Waals surface area contributed by atoms with Crippen LogP contribution >= 0.6 is 7.60 Å². The molecule has 0 aromatic carbocycles. The number of aliphatic hydroxyl groups is 1. The highest BCUT2D eigenvalue weighted by molar-refractivity contribution is 7.53. The van der Waals surface area contributed by atoms with Gasteiger partial charge in [0.15, 0.2) is 5.34 Å². The highest BCUT2D eigenvalue weighted by Crippen LogP contribution is 2.54. The van der Waals surface area contributed by atoms with E-state index in [2.05, 4.69) is 0 Å². The Hall–Kier alpha value is -0.420. The van der Waals surface area contributed by atoms with Crippen LogP contribution in [0.4, 0.5) is 0 Å². The molecule has 1 atom stereocenters. The molecule has 0 rings (SSSR count). The molecule has 19 heavy (non-hydrogen) atoms. The lowest BCUT2D eigenvalue weighted by Crippen LogP contribution is -2.28. The number of carbonyl (C=O) groups is 1. The van der Waals surface area contributed by atoms with Crippen molar-refractivity contribution in [3.63, 3.8) is 0 Å². The summed E-state index contributed by atoms with van der Waals surface area (Å²) < 4.78 is 11.4. The quantitative estimate of drug-likeness (QED) is 0.344. The van der Waals surface area contributed by atoms with Crippen LogP contribution in [0.5, 0.6) is 0 Å². The topological polar surface area (TPSA) is 115 Å². The minimum atomic E-state index is -4.59. The maximum absolute atomic E-state index is 11.4. The third-order valence-corrected chi connectivity index (χ3v) is 4.72. The summed E-state index contributed by atoms with van der Waals surface area (Å²) in [6, 6.07) is 0. The molecular formula is C12H25O6P. The van der Waals surface area contributed by atoms with E-state index in [-0.39, 0.29) is 19.3 Å². The summed E-state index contributed by atoms with van der Waals surface area (Å²) in [5.74, 6) is -0.942. The van der Waals surface area contributed by atoms with Crippen LogP contribution < -0.4 is 0 Å². The largest absolute Gasteiger partial charge is 0.481 e. The van der Waals surface area contributed by atoms with Crippen molar-refractivity contribution in [2.45, 2.75) is 70.1 Å². The van der Waals surface area contributed by atoms with E-state index in [0.717, 1.165) is 19.3 Å². The number of hydrogen-bond acceptors (Lipinski definition) is 3. The molecule has 7 heteroatoms. The number of unbranched alkanes of at least 4 members (excludes halogenated alkanes) is 4. The third kappa shape index (κ3) is 7.67. The van der Waals surface area contributed by atoms with Crippen molar-refractivity contribution < 1.29 is 29.4 Å². The summed E-state index contributed by atoms with van der Waals surface area (Å²) >= 11 is 0. The summed E-state index contributed by atoms with van der Waals surface area (Å²) in [6.07, 6.45) is 3.92. The predicted octanol–water partition coefficient (Wildman–Crippen LogP) is 2.47. The van der Waals surface area contributed by atoms with Crippen LogP contribution in [0, 0.1) is 0 Å². The molecule has 114 valence electrons. The molecule has 0 aliphatic rings. The Bertz CT molecular complexity index is 313. The Morgan fingerprint density at radius 1 is 1.05 bits per heavy atom. The van der Waals surface area contributed by atoms with Gasteiger partial charge in [0.2, 0.25) is 0 Å². The molecule has 0 saturated carbocycles. The van der Waals surface area contributed by atoms with Gasteiger partial charge in [-0.15, -0.1) is 0 Å². The summed E-state index contributed by atoms with van der Waals surface area (Å²) in [6.45, 7) is 2.03. The van der Waals surface area contributed by atoms with Gasteiger partial charge in [0.05, 0.1) is 0 Å². The maximum atomic E-state index is 11.4. The van der Waals surface area contributed by atoms with Crippen molar-refractivity contribution in [2.24, 2.45) is 0 Å². The Balaban J connectivity index is 4.28. The molecule has 0 radical (unpaired) electrons. The van der Waals surface area contributed by atoms with Crippen molar-refractivity contribution in [3.05, 3.63) is 0 Å². The minimum absolute atomic E-state index is 0.0485. The van der Waals surface area contributed by atoms with E-state index in [9.17, 15) is 24.3 Å². The van der Waals surface area contributed by atoms with Crippen LogP contribution in [0.2, 0.25) is 0 Å². The Morgan fingerprint density at radius 3 is 2.00 bits per heavy atom. The number of carboxylic acids is 1. The van der Waals surface area contributed by atoms with E-state index in [0.29, 0.717) is 19.3 Å². The van der Waals surface area contributed by atoms with Gasteiger partial charge in [-0.1, -0.05) is 26.2 Å². The van der Waals surface area contributed by atoms with E-state index in [1.54, 1.807) is 0 Å². The van der Waals surface area contributed by atoms with Crippen LogP contribution in [0.1, 0.15) is 64.7 Å². The standard InChI is InChI=1S/C12H25O6P/c1-2-3-4-6-9-12(15,19(16,17)18)10-7-5-8-11(13)14/h15H,2-10H2,1H3,(H,13,14)(H2,16,17,18). The SMILES string of the molecule is CCCCCCC(O)(CCCCC(=O)O)P(=O)(O)O. The van der Waals surface area contributed by atoms with Crippen LogP contribution in [-0.2, 0) is 9.36 Å². The van der Waals surface area contributed by atoms with Gasteiger partial charge < -0.3 is 20.0 Å². The number of carboxylic acid groups (broad SMARTS) is 1. The summed E-state index contributed by atoms with van der Waals surface area (Å²) in [4.78, 5) is 28.8. The zero-order valence-electron chi connectivity index (χ0n) is 11.4. The first-order valence-electron chi connectivity index (χ1n) is 6.73. The molecule has 1 unspecified atom stereocenters. The van der Waals surface area contributed by atoms with Gasteiger partial charge in [0.1, 0.15) is 0 Å². The second-order valence-corrected chi connectivity index (χ2v) is 6.86. The fourth-order valence-electron chi connectivity index (χ4n) is 1.94. The molecule has 0 amide bonds. The second-order valence-electron chi connectivity index (χ2n) is 4.94. The first kappa shape index (κ1) is 18.6. The first-order valence-corrected chi connectivity index (χ1v) is 8.34. The molecule has 0 aromatic heterocycles. The van der Waals surface area contributed by atoms with E-state index in [1.165, 1.54) is 0 Å². The van der Waals surface area contributed by atoms with Crippen molar-refractivity contribution in [3.8, 4) is 0 Å². The van der Waals surface area contributed by atoms with E-state index >= 15 is 0 Å². The molecule has 4 N–H and O–H groups in total. The average Bonchev–Trinajstić information content (AvgIpc) is 2.29. The lowest BCUT2D eigenvalue weighted by Gasteiger charge is -2.29. The highest BCUT2D eigenvalue weighted by Gasteiger charge is 2.43. The van der Waals surface area contributed by atoms with Crippen LogP contribution in [0.3, 0.4) is 0 Å². The molecule has 0 fully saturated rings. The summed E-state index contributed by atoms with van der Waals surface area (Å²) in [5, 5.41) is 16.6. The fraction of sp³-hybridized carbons (Fsp3) is 0.917. The molecule has 0 bridgehead atoms. The van der Waals surface area contributed by atoms with Gasteiger partial charge in [-0.25, -0.2) is 0 Å². The monoisotopic (exact) mass is 296 g/mol. The lowest BCUT2D eigenvalue weighted by molar-refractivity contribution is -0.137. The van der Waals surface area contributed by atoms with E-state index in [4.69, 9.17) is 5.11 Å². The van der Waals surface area contributed by atoms with E-state index in [1.807, 2.05) is 6.92 Å². The number of hydrogen-bond donors (Lipinski definition) is 4. The van der Waals surface area contributed by atoms with Gasteiger partial charge in [0, 0.05) is 6.42 Å². The Labute approximate surface area is 114 Å². The molecular weight excluding hydrogens is 271 g/mol. The van der Waals surface area contributed by atoms with Crippen molar-refractivity contribution in [2.75, 3.05) is 0 Å². The van der Waals surface area contributed by atoms with Crippen LogP contribution in [0.15, 0.2) is 0 Å². The van der Waals surface area contributed by atoms with E-state index < -0.39 is 18.9 Å². The minimum Gasteiger partial charge on any atom is -0.481 e. The number of aliphatic carboxylic acids is 1. The van der Waals surface area contributed by atoms with Crippen molar-refractivity contribution in [1.82, 2.24) is 0 Å². The summed E-state index contributed by atoms with van der Waals surface area (Å²) in [7, 11) is -4.59. The maximum Gasteiger partial charge on any atom is 0.356 e. The first-order chi connectivity index (χ1) is 8.73. The third-order valence-electron chi connectivity index (χ3n) is 3.19. The zero-order valence-corrected chi connectivity index (χ0v) is 12.3. The van der Waals surface area contributed by atoms with Gasteiger partial charge in [-0.05, 0) is 32.1 Å². The molecule has 0 spiro atoms. The van der Waals surface area contributed by atoms with Gasteiger partial charge >= 0.3 is 13.6 Å². The van der Waals surface area contributed by atoms with Gasteiger partial charge in [-0.2, -0.15) is 0 Å². The molecule has 6 nitrogen and oxygen atoms in total.